The van der Waals surface area contributed by atoms with Crippen LogP contribution in [0, 0.1) is 0 Å². The minimum absolute atomic E-state index is 0.320. The molecular formula is C25H29N5O3S. The van der Waals surface area contributed by atoms with E-state index in [0.717, 1.165) is 33.9 Å². The molecule has 4 rings (SSSR count). The summed E-state index contributed by atoms with van der Waals surface area (Å²) < 4.78 is 5.27. The number of hydrogen-bond acceptors (Lipinski definition) is 6. The quantitative estimate of drug-likeness (QED) is 0.544. The van der Waals surface area contributed by atoms with Crippen molar-refractivity contribution in [3.63, 3.8) is 0 Å². The van der Waals surface area contributed by atoms with Crippen molar-refractivity contribution in [1.82, 2.24) is 14.9 Å². The van der Waals surface area contributed by atoms with E-state index in [1.807, 2.05) is 36.4 Å². The van der Waals surface area contributed by atoms with Crippen LogP contribution in [0.4, 0.5) is 9.93 Å². The zero-order valence-corrected chi connectivity index (χ0v) is 20.6. The highest BCUT2D eigenvalue weighted by Crippen LogP contribution is 2.36. The van der Waals surface area contributed by atoms with Gasteiger partial charge in [-0.05, 0) is 55.2 Å². The third-order valence-electron chi connectivity index (χ3n) is 6.63. The van der Waals surface area contributed by atoms with Crippen LogP contribution in [-0.4, -0.2) is 46.0 Å². The molecule has 1 aromatic carbocycles. The lowest BCUT2D eigenvalue weighted by molar-refractivity contribution is -0.126. The number of nitrogens with two attached hydrogens (primary N) is 1. The zero-order valence-electron chi connectivity index (χ0n) is 19.8. The number of methoxy groups -OCH3 is 1. The van der Waals surface area contributed by atoms with E-state index in [0.29, 0.717) is 18.1 Å². The number of thiazole rings is 1. The Balaban J connectivity index is 1.53. The summed E-state index contributed by atoms with van der Waals surface area (Å²) in [6, 6.07) is 11.6. The normalized spacial score (nSPS) is 18.1. The molecule has 3 amide bonds. The van der Waals surface area contributed by atoms with Gasteiger partial charge in [-0.1, -0.05) is 37.3 Å². The van der Waals surface area contributed by atoms with Crippen molar-refractivity contribution in [3.05, 3.63) is 60.0 Å². The van der Waals surface area contributed by atoms with E-state index in [-0.39, 0.29) is 11.4 Å². The number of rotatable bonds is 6. The Morgan fingerprint density at radius 2 is 1.94 bits per heavy atom. The lowest BCUT2D eigenvalue weighted by Gasteiger charge is -2.31. The molecule has 3 N–H and O–H groups in total. The smallest absolute Gasteiger partial charge is 0.324 e. The van der Waals surface area contributed by atoms with Crippen molar-refractivity contribution in [3.8, 4) is 16.2 Å². The highest BCUT2D eigenvalue weighted by atomic mass is 32.1. The first kappa shape index (κ1) is 23.7. The first-order valence-electron chi connectivity index (χ1n) is 11.1. The van der Waals surface area contributed by atoms with Crippen LogP contribution in [0.3, 0.4) is 0 Å². The molecule has 0 spiro atoms. The molecule has 9 heteroatoms. The minimum atomic E-state index is -0.975. The number of benzene rings is 1. The van der Waals surface area contributed by atoms with Gasteiger partial charge in [-0.15, -0.1) is 0 Å². The molecule has 3 aromatic rings. The summed E-state index contributed by atoms with van der Waals surface area (Å²) in [4.78, 5) is 36.1. The second-order valence-corrected chi connectivity index (χ2v) is 10.2. The van der Waals surface area contributed by atoms with Gasteiger partial charge in [-0.3, -0.25) is 15.1 Å². The van der Waals surface area contributed by atoms with Crippen molar-refractivity contribution in [2.75, 3.05) is 19.0 Å². The van der Waals surface area contributed by atoms with Gasteiger partial charge in [0.05, 0.1) is 17.7 Å². The highest BCUT2D eigenvalue weighted by molar-refractivity contribution is 7.19. The third kappa shape index (κ3) is 4.35. The van der Waals surface area contributed by atoms with Crippen molar-refractivity contribution < 1.29 is 14.3 Å². The lowest BCUT2D eigenvalue weighted by Crippen LogP contribution is -2.55. The van der Waals surface area contributed by atoms with Gasteiger partial charge >= 0.3 is 6.03 Å². The predicted octanol–water partition coefficient (Wildman–Crippen LogP) is 4.41. The Bertz CT molecular complexity index is 1210. The van der Waals surface area contributed by atoms with Gasteiger partial charge in [-0.25, -0.2) is 9.78 Å². The monoisotopic (exact) mass is 479 g/mol. The van der Waals surface area contributed by atoms with E-state index < -0.39 is 11.4 Å². The van der Waals surface area contributed by atoms with E-state index in [1.165, 1.54) is 16.2 Å². The fraction of sp³-hybridized carbons (Fsp3) is 0.360. The summed E-state index contributed by atoms with van der Waals surface area (Å²) in [6.07, 6.45) is 4.82. The maximum absolute atomic E-state index is 12.8. The number of nitrogens with one attached hydrogen (secondary N) is 1. The number of urea groups is 1. The molecule has 3 heterocycles. The summed E-state index contributed by atoms with van der Waals surface area (Å²) in [5.74, 6) is 0.314. The standard InChI is InChI=1S/C25H29N5O3S/c1-24(2,17-6-8-18(33-4)9-7-17)20-14-16(10-12-27-20)19-15-28-22(34-19)29-23(32)30-13-5-11-25(30,3)21(26)31/h6-10,12,14-15H,5,11,13H2,1-4H3,(H2,26,31)(H,28,29,32)/t25-/m0/s1. The number of carbonyl (C=O) groups is 2. The summed E-state index contributed by atoms with van der Waals surface area (Å²) in [5, 5.41) is 3.29. The Kier molecular flexibility index (Phi) is 6.31. The Hall–Kier alpha value is -3.46. The largest absolute Gasteiger partial charge is 0.497 e. The molecule has 8 nitrogen and oxygen atoms in total. The van der Waals surface area contributed by atoms with Crippen LogP contribution in [0.1, 0.15) is 44.9 Å². The van der Waals surface area contributed by atoms with Crippen LogP contribution in [0.25, 0.3) is 10.4 Å². The number of amides is 3. The maximum atomic E-state index is 12.8. The summed E-state index contributed by atoms with van der Waals surface area (Å²) >= 11 is 1.37. The predicted molar refractivity (Wildman–Crippen MR) is 133 cm³/mol. The third-order valence-corrected chi connectivity index (χ3v) is 7.59. The van der Waals surface area contributed by atoms with Crippen LogP contribution in [0.5, 0.6) is 5.75 Å². The van der Waals surface area contributed by atoms with Crippen molar-refractivity contribution in [1.29, 1.82) is 0 Å². The summed E-state index contributed by atoms with van der Waals surface area (Å²) in [6.45, 7) is 6.45. The molecule has 178 valence electrons. The SMILES string of the molecule is COc1ccc(C(C)(C)c2cc(-c3cnc(NC(=O)N4CCC[C@@]4(C)C(N)=O)s3)ccn2)cc1. The first-order valence-corrected chi connectivity index (χ1v) is 11.9. The number of primary amides is 1. The van der Waals surface area contributed by atoms with E-state index in [4.69, 9.17) is 10.5 Å². The van der Waals surface area contributed by atoms with Crippen LogP contribution < -0.4 is 15.8 Å². The summed E-state index contributed by atoms with van der Waals surface area (Å²) in [5.41, 5.74) is 7.27. The maximum Gasteiger partial charge on any atom is 0.324 e. The molecule has 0 aliphatic carbocycles. The van der Waals surface area contributed by atoms with E-state index in [9.17, 15) is 9.59 Å². The topological polar surface area (TPSA) is 110 Å². The second-order valence-electron chi connectivity index (χ2n) is 9.14. The second kappa shape index (κ2) is 9.06. The van der Waals surface area contributed by atoms with Crippen LogP contribution >= 0.6 is 11.3 Å². The van der Waals surface area contributed by atoms with Gasteiger partial charge in [0.25, 0.3) is 0 Å². The fourth-order valence-electron chi connectivity index (χ4n) is 4.25. The number of likely N-dealkylation sites (tertiary alicyclic amines) is 1. The van der Waals surface area contributed by atoms with Crippen LogP contribution in [-0.2, 0) is 10.2 Å². The molecule has 1 aliphatic rings. The number of anilines is 1. The van der Waals surface area contributed by atoms with Gasteiger partial charge < -0.3 is 15.4 Å². The number of hydrogen-bond donors (Lipinski definition) is 2. The first-order chi connectivity index (χ1) is 16.1. The number of pyridine rings is 1. The minimum Gasteiger partial charge on any atom is -0.497 e. The van der Waals surface area contributed by atoms with E-state index in [1.54, 1.807) is 26.4 Å². The average Bonchev–Trinajstić information content (AvgIpc) is 3.46. The zero-order chi connectivity index (χ0) is 24.5. The van der Waals surface area contributed by atoms with Crippen LogP contribution in [0.2, 0.25) is 0 Å². The lowest BCUT2D eigenvalue weighted by atomic mass is 9.80. The molecular weight excluding hydrogens is 450 g/mol. The fourth-order valence-corrected chi connectivity index (χ4v) is 5.05. The Labute approximate surface area is 203 Å². The van der Waals surface area contributed by atoms with Crippen molar-refractivity contribution in [2.45, 2.75) is 44.6 Å². The average molecular weight is 480 g/mol. The van der Waals surface area contributed by atoms with Crippen molar-refractivity contribution >= 4 is 28.4 Å². The molecule has 34 heavy (non-hydrogen) atoms. The molecule has 1 fully saturated rings. The molecule has 0 unspecified atom stereocenters. The molecule has 0 radical (unpaired) electrons. The van der Waals surface area contributed by atoms with Gasteiger partial charge in [0.15, 0.2) is 5.13 Å². The molecule has 2 aromatic heterocycles. The molecule has 0 bridgehead atoms. The highest BCUT2D eigenvalue weighted by Gasteiger charge is 2.44. The van der Waals surface area contributed by atoms with Gasteiger partial charge in [0.1, 0.15) is 11.3 Å². The molecule has 0 saturated carbocycles. The number of ether oxygens (including phenoxy) is 1. The molecule has 1 aliphatic heterocycles. The van der Waals surface area contributed by atoms with Gasteiger partial charge in [0, 0.05) is 24.4 Å². The number of carbonyl (C=O) groups excluding carboxylic acids is 2. The van der Waals surface area contributed by atoms with E-state index >= 15 is 0 Å². The molecule has 1 saturated heterocycles. The number of aromatic nitrogens is 2. The van der Waals surface area contributed by atoms with Crippen molar-refractivity contribution in [2.24, 2.45) is 5.73 Å². The number of nitrogens with zero attached hydrogens (tertiary/aromatic N) is 3. The molecule has 1 atom stereocenters. The Morgan fingerprint density at radius 1 is 1.21 bits per heavy atom. The Morgan fingerprint density at radius 3 is 2.62 bits per heavy atom. The van der Waals surface area contributed by atoms with Gasteiger partial charge in [0.2, 0.25) is 5.91 Å². The van der Waals surface area contributed by atoms with Crippen LogP contribution in [0.15, 0.2) is 48.8 Å². The van der Waals surface area contributed by atoms with Gasteiger partial charge in [-0.2, -0.15) is 0 Å². The summed E-state index contributed by atoms with van der Waals surface area (Å²) in [7, 11) is 1.65. The van der Waals surface area contributed by atoms with E-state index in [2.05, 4.69) is 29.1 Å².